The van der Waals surface area contributed by atoms with Gasteiger partial charge in [0.05, 0.1) is 17.9 Å². The zero-order chi connectivity index (χ0) is 12.2. The molecular weight excluding hydrogens is 228 g/mol. The van der Waals surface area contributed by atoms with Crippen LogP contribution in [0.5, 0.6) is 0 Å². The molecule has 0 spiro atoms. The van der Waals surface area contributed by atoms with Crippen molar-refractivity contribution in [3.63, 3.8) is 0 Å². The van der Waals surface area contributed by atoms with Gasteiger partial charge in [0.25, 0.3) is 0 Å². The number of rotatable bonds is 8. The summed E-state index contributed by atoms with van der Waals surface area (Å²) in [6.07, 6.45) is 2.34. The van der Waals surface area contributed by atoms with Crippen LogP contribution in [0.4, 0.5) is 0 Å². The molecule has 16 heavy (non-hydrogen) atoms. The van der Waals surface area contributed by atoms with Gasteiger partial charge >= 0.3 is 0 Å². The van der Waals surface area contributed by atoms with E-state index in [0.29, 0.717) is 19.2 Å². The van der Waals surface area contributed by atoms with Crippen LogP contribution in [0.25, 0.3) is 0 Å². The number of ether oxygens (including phenoxy) is 1. The SMILES string of the molecule is COCC(C)(C)NS(=O)(=O)CCNC1CC1. The van der Waals surface area contributed by atoms with Crippen LogP contribution in [0, 0.1) is 0 Å². The number of nitrogens with one attached hydrogen (secondary N) is 2. The van der Waals surface area contributed by atoms with E-state index in [9.17, 15) is 8.42 Å². The van der Waals surface area contributed by atoms with Crippen LogP contribution in [-0.2, 0) is 14.8 Å². The van der Waals surface area contributed by atoms with Crippen LogP contribution in [0.3, 0.4) is 0 Å². The highest BCUT2D eigenvalue weighted by atomic mass is 32.2. The van der Waals surface area contributed by atoms with Gasteiger partial charge in [0.1, 0.15) is 0 Å². The number of hydrogen-bond acceptors (Lipinski definition) is 4. The molecule has 0 atom stereocenters. The Morgan fingerprint density at radius 2 is 2.00 bits per heavy atom. The molecule has 0 bridgehead atoms. The van der Waals surface area contributed by atoms with Crippen molar-refractivity contribution in [2.45, 2.75) is 38.3 Å². The Morgan fingerprint density at radius 1 is 1.38 bits per heavy atom. The molecule has 0 radical (unpaired) electrons. The molecule has 1 aliphatic rings. The normalized spacial score (nSPS) is 17.7. The highest BCUT2D eigenvalue weighted by Crippen LogP contribution is 2.18. The summed E-state index contributed by atoms with van der Waals surface area (Å²) in [5.74, 6) is 0.122. The van der Waals surface area contributed by atoms with E-state index in [1.165, 1.54) is 12.8 Å². The standard InChI is InChI=1S/C10H22N2O3S/c1-10(2,8-15-3)12-16(13,14)7-6-11-9-4-5-9/h9,11-12H,4-8H2,1-3H3. The second-order valence-electron chi connectivity index (χ2n) is 4.97. The fourth-order valence-corrected chi connectivity index (χ4v) is 2.94. The minimum atomic E-state index is -3.22. The average Bonchev–Trinajstić information content (AvgIpc) is 2.84. The lowest BCUT2D eigenvalue weighted by atomic mass is 10.1. The van der Waals surface area contributed by atoms with Crippen LogP contribution >= 0.6 is 0 Å². The van der Waals surface area contributed by atoms with Gasteiger partial charge in [-0.3, -0.25) is 0 Å². The molecule has 0 heterocycles. The van der Waals surface area contributed by atoms with Crippen LogP contribution in [0.15, 0.2) is 0 Å². The van der Waals surface area contributed by atoms with Gasteiger partial charge in [0.15, 0.2) is 0 Å². The predicted molar refractivity (Wildman–Crippen MR) is 63.9 cm³/mol. The van der Waals surface area contributed by atoms with E-state index in [1.807, 2.05) is 13.8 Å². The molecule has 2 N–H and O–H groups in total. The summed E-state index contributed by atoms with van der Waals surface area (Å²) in [5.41, 5.74) is -0.548. The summed E-state index contributed by atoms with van der Waals surface area (Å²) >= 11 is 0. The van der Waals surface area contributed by atoms with Crippen molar-refractivity contribution in [1.82, 2.24) is 10.0 Å². The van der Waals surface area contributed by atoms with E-state index < -0.39 is 15.6 Å². The van der Waals surface area contributed by atoms with Crippen molar-refractivity contribution in [3.8, 4) is 0 Å². The third-order valence-corrected chi connectivity index (χ3v) is 3.92. The maximum atomic E-state index is 11.7. The van der Waals surface area contributed by atoms with Crippen LogP contribution in [-0.4, -0.2) is 46.0 Å². The maximum absolute atomic E-state index is 11.7. The van der Waals surface area contributed by atoms with Gasteiger partial charge in [-0.25, -0.2) is 13.1 Å². The maximum Gasteiger partial charge on any atom is 0.213 e. The molecule has 1 saturated carbocycles. The average molecular weight is 250 g/mol. The monoisotopic (exact) mass is 250 g/mol. The minimum Gasteiger partial charge on any atom is -0.383 e. The summed E-state index contributed by atoms with van der Waals surface area (Å²) in [4.78, 5) is 0. The highest BCUT2D eigenvalue weighted by Gasteiger charge is 2.25. The molecule has 0 amide bonds. The van der Waals surface area contributed by atoms with Crippen LogP contribution in [0.1, 0.15) is 26.7 Å². The van der Waals surface area contributed by atoms with E-state index in [4.69, 9.17) is 4.74 Å². The van der Waals surface area contributed by atoms with Gasteiger partial charge in [0, 0.05) is 19.7 Å². The molecule has 0 unspecified atom stereocenters. The topological polar surface area (TPSA) is 67.4 Å². The van der Waals surface area contributed by atoms with E-state index in [1.54, 1.807) is 7.11 Å². The molecule has 0 aromatic rings. The zero-order valence-electron chi connectivity index (χ0n) is 10.2. The Labute approximate surface area is 98.0 Å². The van der Waals surface area contributed by atoms with E-state index in [2.05, 4.69) is 10.0 Å². The van der Waals surface area contributed by atoms with Gasteiger partial charge in [-0.1, -0.05) is 0 Å². The third kappa shape index (κ3) is 5.79. The summed E-state index contributed by atoms with van der Waals surface area (Å²) in [5, 5.41) is 3.18. The Hall–Kier alpha value is -0.170. The Kier molecular flexibility index (Phi) is 4.73. The van der Waals surface area contributed by atoms with Gasteiger partial charge in [-0.05, 0) is 26.7 Å². The molecule has 0 saturated heterocycles. The zero-order valence-corrected chi connectivity index (χ0v) is 11.1. The van der Waals surface area contributed by atoms with Crippen molar-refractivity contribution in [2.24, 2.45) is 0 Å². The lowest BCUT2D eigenvalue weighted by Crippen LogP contribution is -2.48. The first-order valence-electron chi connectivity index (χ1n) is 5.59. The van der Waals surface area contributed by atoms with Crippen molar-refractivity contribution >= 4 is 10.0 Å². The van der Waals surface area contributed by atoms with E-state index in [0.717, 1.165) is 0 Å². The third-order valence-electron chi connectivity index (χ3n) is 2.32. The van der Waals surface area contributed by atoms with Gasteiger partial charge in [-0.2, -0.15) is 0 Å². The fourth-order valence-electron chi connectivity index (χ4n) is 1.55. The van der Waals surface area contributed by atoms with Crippen molar-refractivity contribution in [3.05, 3.63) is 0 Å². The summed E-state index contributed by atoms with van der Waals surface area (Å²) in [6.45, 7) is 4.50. The predicted octanol–water partition coefficient (Wildman–Crippen LogP) is 0.0828. The number of hydrogen-bond donors (Lipinski definition) is 2. The first-order chi connectivity index (χ1) is 7.35. The smallest absolute Gasteiger partial charge is 0.213 e. The first-order valence-corrected chi connectivity index (χ1v) is 7.24. The summed E-state index contributed by atoms with van der Waals surface area (Å²) < 4.78 is 31.0. The van der Waals surface area contributed by atoms with Crippen molar-refractivity contribution in [2.75, 3.05) is 26.0 Å². The lowest BCUT2D eigenvalue weighted by Gasteiger charge is -2.24. The lowest BCUT2D eigenvalue weighted by molar-refractivity contribution is 0.141. The second-order valence-corrected chi connectivity index (χ2v) is 6.81. The van der Waals surface area contributed by atoms with Crippen molar-refractivity contribution < 1.29 is 13.2 Å². The van der Waals surface area contributed by atoms with Crippen molar-refractivity contribution in [1.29, 1.82) is 0 Å². The Balaban J connectivity index is 2.31. The first kappa shape index (κ1) is 13.9. The van der Waals surface area contributed by atoms with Gasteiger partial charge < -0.3 is 10.1 Å². The summed E-state index contributed by atoms with van der Waals surface area (Å²) in [7, 11) is -1.66. The summed E-state index contributed by atoms with van der Waals surface area (Å²) in [6, 6.07) is 0.544. The molecule has 0 aromatic heterocycles. The molecule has 5 nitrogen and oxygen atoms in total. The second kappa shape index (κ2) is 5.44. The fraction of sp³-hybridized carbons (Fsp3) is 1.00. The number of methoxy groups -OCH3 is 1. The molecule has 0 aliphatic heterocycles. The van der Waals surface area contributed by atoms with E-state index in [-0.39, 0.29) is 5.75 Å². The number of sulfonamides is 1. The molecule has 1 aliphatic carbocycles. The molecule has 96 valence electrons. The largest absolute Gasteiger partial charge is 0.383 e. The van der Waals surface area contributed by atoms with Gasteiger partial charge in [0.2, 0.25) is 10.0 Å². The molecule has 0 aromatic carbocycles. The molecule has 1 rings (SSSR count). The Morgan fingerprint density at radius 3 is 2.50 bits per heavy atom. The molecule has 1 fully saturated rings. The quantitative estimate of drug-likeness (QED) is 0.640. The van der Waals surface area contributed by atoms with Crippen LogP contribution < -0.4 is 10.0 Å². The molecular formula is C10H22N2O3S. The minimum absolute atomic E-state index is 0.122. The van der Waals surface area contributed by atoms with E-state index >= 15 is 0 Å². The van der Waals surface area contributed by atoms with Gasteiger partial charge in [-0.15, -0.1) is 0 Å². The Bertz CT molecular complexity index is 310. The highest BCUT2D eigenvalue weighted by molar-refractivity contribution is 7.89. The van der Waals surface area contributed by atoms with Crippen LogP contribution in [0.2, 0.25) is 0 Å². The molecule has 6 heteroatoms.